The summed E-state index contributed by atoms with van der Waals surface area (Å²) in [7, 11) is 0. The summed E-state index contributed by atoms with van der Waals surface area (Å²) in [6.45, 7) is 1.59. The van der Waals surface area contributed by atoms with Gasteiger partial charge in [0, 0.05) is 0 Å². The van der Waals surface area contributed by atoms with E-state index in [0.717, 1.165) is 0 Å². The number of aliphatic carboxylic acids is 1. The molecule has 0 saturated heterocycles. The third-order valence-electron chi connectivity index (χ3n) is 1.04. The van der Waals surface area contributed by atoms with Crippen molar-refractivity contribution in [1.29, 1.82) is 0 Å². The number of carboxylic acids is 1. The second kappa shape index (κ2) is 3.42. The van der Waals surface area contributed by atoms with Crippen molar-refractivity contribution in [2.24, 2.45) is 0 Å². The predicted molar refractivity (Wildman–Crippen MR) is 29.9 cm³/mol. The van der Waals surface area contributed by atoms with Gasteiger partial charge in [-0.05, 0) is 6.42 Å². The van der Waals surface area contributed by atoms with Crippen LogP contribution in [0.1, 0.15) is 13.3 Å². The van der Waals surface area contributed by atoms with E-state index in [4.69, 9.17) is 15.3 Å². The fraction of sp³-hybridized carbons (Fsp3) is 0.800. The minimum atomic E-state index is -1.64. The molecule has 0 aliphatic heterocycles. The van der Waals surface area contributed by atoms with Crippen LogP contribution in [0.4, 0.5) is 0 Å². The first-order chi connectivity index (χ1) is 4.09. The molecule has 0 heterocycles. The maximum absolute atomic E-state index is 9.89. The molecule has 0 aromatic carbocycles. The van der Waals surface area contributed by atoms with E-state index in [-0.39, 0.29) is 6.42 Å². The predicted octanol–water partition coefficient (Wildman–Crippen LogP) is -0.797. The van der Waals surface area contributed by atoms with Gasteiger partial charge in [0.05, 0.1) is 6.10 Å². The van der Waals surface area contributed by atoms with Crippen molar-refractivity contribution in [3.63, 3.8) is 0 Å². The molecule has 0 spiro atoms. The quantitative estimate of drug-likeness (QED) is 0.472. The van der Waals surface area contributed by atoms with Crippen molar-refractivity contribution in [3.05, 3.63) is 0 Å². The fourth-order valence-corrected chi connectivity index (χ4v) is 0.388. The van der Waals surface area contributed by atoms with E-state index >= 15 is 0 Å². The maximum Gasteiger partial charge on any atom is 0.335 e. The average molecular weight is 134 g/mol. The van der Waals surface area contributed by atoms with E-state index in [1.165, 1.54) is 0 Å². The van der Waals surface area contributed by atoms with Gasteiger partial charge in [0.15, 0.2) is 6.10 Å². The molecule has 3 N–H and O–H groups in total. The molecule has 0 unspecified atom stereocenters. The first-order valence-corrected chi connectivity index (χ1v) is 2.68. The third-order valence-corrected chi connectivity index (χ3v) is 1.04. The van der Waals surface area contributed by atoms with Crippen molar-refractivity contribution in [2.45, 2.75) is 25.6 Å². The van der Waals surface area contributed by atoms with E-state index in [1.54, 1.807) is 6.92 Å². The van der Waals surface area contributed by atoms with Crippen LogP contribution in [0.3, 0.4) is 0 Å². The van der Waals surface area contributed by atoms with Crippen molar-refractivity contribution in [1.82, 2.24) is 0 Å². The summed E-state index contributed by atoms with van der Waals surface area (Å²) in [6, 6.07) is 0. The largest absolute Gasteiger partial charge is 0.479 e. The molecule has 54 valence electrons. The highest BCUT2D eigenvalue weighted by Gasteiger charge is 2.20. The Hall–Kier alpha value is -0.610. The molecule has 0 aromatic rings. The number of hydrogen-bond donors (Lipinski definition) is 3. The van der Waals surface area contributed by atoms with Crippen LogP contribution < -0.4 is 0 Å². The average Bonchev–Trinajstić information content (AvgIpc) is 1.84. The molecule has 0 bridgehead atoms. The molecule has 0 aliphatic carbocycles. The molecule has 0 amide bonds. The van der Waals surface area contributed by atoms with Gasteiger partial charge < -0.3 is 15.3 Å². The van der Waals surface area contributed by atoms with Gasteiger partial charge in [-0.3, -0.25) is 0 Å². The van der Waals surface area contributed by atoms with Crippen LogP contribution in [0.2, 0.25) is 0 Å². The minimum absolute atomic E-state index is 0.244. The second-order valence-corrected chi connectivity index (χ2v) is 1.76. The van der Waals surface area contributed by atoms with Crippen molar-refractivity contribution >= 4 is 5.97 Å². The van der Waals surface area contributed by atoms with E-state index < -0.39 is 18.2 Å². The highest BCUT2D eigenvalue weighted by atomic mass is 16.4. The topological polar surface area (TPSA) is 77.8 Å². The molecule has 4 heteroatoms. The third kappa shape index (κ3) is 2.43. The number of carboxylic acid groups (broad SMARTS) is 1. The van der Waals surface area contributed by atoms with Gasteiger partial charge in [0.1, 0.15) is 0 Å². The zero-order valence-corrected chi connectivity index (χ0v) is 5.11. The van der Waals surface area contributed by atoms with Crippen molar-refractivity contribution < 1.29 is 20.1 Å². The Balaban J connectivity index is 3.72. The monoisotopic (exact) mass is 134 g/mol. The lowest BCUT2D eigenvalue weighted by atomic mass is 10.2. The van der Waals surface area contributed by atoms with Gasteiger partial charge in [-0.25, -0.2) is 4.79 Å². The molecule has 4 nitrogen and oxygen atoms in total. The van der Waals surface area contributed by atoms with E-state index in [1.807, 2.05) is 0 Å². The SMILES string of the molecule is CC[C@@H](O)[C@H](O)C(=O)O. The molecule has 9 heavy (non-hydrogen) atoms. The summed E-state index contributed by atoms with van der Waals surface area (Å²) in [5.74, 6) is -1.38. The lowest BCUT2D eigenvalue weighted by molar-refractivity contribution is -0.152. The van der Waals surface area contributed by atoms with Gasteiger partial charge in [0.2, 0.25) is 0 Å². The summed E-state index contributed by atoms with van der Waals surface area (Å²) in [5, 5.41) is 25.3. The van der Waals surface area contributed by atoms with Crippen LogP contribution in [0.25, 0.3) is 0 Å². The van der Waals surface area contributed by atoms with Gasteiger partial charge in [0.25, 0.3) is 0 Å². The molecule has 0 fully saturated rings. The second-order valence-electron chi connectivity index (χ2n) is 1.76. The maximum atomic E-state index is 9.89. The summed E-state index contributed by atoms with van der Waals surface area (Å²) in [6.07, 6.45) is -2.55. The number of hydrogen-bond acceptors (Lipinski definition) is 3. The molecule has 0 radical (unpaired) electrons. The summed E-state index contributed by atoms with van der Waals surface area (Å²) in [5.41, 5.74) is 0. The van der Waals surface area contributed by atoms with Crippen LogP contribution >= 0.6 is 0 Å². The number of rotatable bonds is 3. The van der Waals surface area contributed by atoms with Crippen LogP contribution in [0, 0.1) is 0 Å². The number of aliphatic hydroxyl groups excluding tert-OH is 2. The Labute approximate surface area is 52.7 Å². The van der Waals surface area contributed by atoms with Crippen molar-refractivity contribution in [2.75, 3.05) is 0 Å². The van der Waals surface area contributed by atoms with E-state index in [2.05, 4.69) is 0 Å². The normalized spacial score (nSPS) is 16.8. The van der Waals surface area contributed by atoms with Crippen LogP contribution in [0.5, 0.6) is 0 Å². The van der Waals surface area contributed by atoms with Gasteiger partial charge in [-0.2, -0.15) is 0 Å². The summed E-state index contributed by atoms with van der Waals surface area (Å²) in [4.78, 5) is 9.89. The Bertz CT molecular complexity index is 101. The van der Waals surface area contributed by atoms with E-state index in [9.17, 15) is 4.79 Å². The molecule has 0 rings (SSSR count). The molecule has 0 aromatic heterocycles. The molecular formula is C5H10O4. The number of aliphatic hydroxyl groups is 2. The van der Waals surface area contributed by atoms with Crippen LogP contribution in [-0.2, 0) is 4.79 Å². The van der Waals surface area contributed by atoms with Crippen LogP contribution in [0.15, 0.2) is 0 Å². The smallest absolute Gasteiger partial charge is 0.335 e. The van der Waals surface area contributed by atoms with Crippen LogP contribution in [-0.4, -0.2) is 33.5 Å². The molecule has 2 atom stereocenters. The van der Waals surface area contributed by atoms with Crippen molar-refractivity contribution in [3.8, 4) is 0 Å². The lowest BCUT2D eigenvalue weighted by Gasteiger charge is -2.09. The molecule has 0 aliphatic rings. The Morgan fingerprint density at radius 1 is 1.56 bits per heavy atom. The Morgan fingerprint density at radius 2 is 2.00 bits per heavy atom. The zero-order valence-electron chi connectivity index (χ0n) is 5.11. The van der Waals surface area contributed by atoms with Gasteiger partial charge in [-0.1, -0.05) is 6.92 Å². The summed E-state index contributed by atoms with van der Waals surface area (Å²) < 4.78 is 0. The summed E-state index contributed by atoms with van der Waals surface area (Å²) >= 11 is 0. The lowest BCUT2D eigenvalue weighted by Crippen LogP contribution is -2.32. The zero-order chi connectivity index (χ0) is 7.44. The minimum Gasteiger partial charge on any atom is -0.479 e. The highest BCUT2D eigenvalue weighted by molar-refractivity contribution is 5.72. The highest BCUT2D eigenvalue weighted by Crippen LogP contribution is 1.96. The first kappa shape index (κ1) is 8.39. The first-order valence-electron chi connectivity index (χ1n) is 2.68. The fourth-order valence-electron chi connectivity index (χ4n) is 0.388. The van der Waals surface area contributed by atoms with Gasteiger partial charge >= 0.3 is 5.97 Å². The van der Waals surface area contributed by atoms with E-state index in [0.29, 0.717) is 0 Å². The Morgan fingerprint density at radius 3 is 2.11 bits per heavy atom. The molecular weight excluding hydrogens is 124 g/mol. The Kier molecular flexibility index (Phi) is 3.19. The van der Waals surface area contributed by atoms with Gasteiger partial charge in [-0.15, -0.1) is 0 Å². The molecule has 0 saturated carbocycles. The number of carbonyl (C=O) groups is 1. The standard InChI is InChI=1S/C5H10O4/c1-2-3(6)4(7)5(8)9/h3-4,6-7H,2H2,1H3,(H,8,9)/t3-,4+/m1/s1.